The molecule has 1 aromatic rings. The Morgan fingerprint density at radius 1 is 1.29 bits per heavy atom. The molecule has 0 aliphatic rings. The van der Waals surface area contributed by atoms with Gasteiger partial charge < -0.3 is 10.1 Å². The molecule has 0 saturated carbocycles. The Morgan fingerprint density at radius 2 is 2.00 bits per heavy atom. The smallest absolute Gasteiger partial charge is 0.122 e. The van der Waals surface area contributed by atoms with Gasteiger partial charge in [-0.2, -0.15) is 0 Å². The third-order valence-corrected chi connectivity index (χ3v) is 1.94. The van der Waals surface area contributed by atoms with E-state index in [1.807, 2.05) is 13.1 Å². The van der Waals surface area contributed by atoms with Gasteiger partial charge in [0.2, 0.25) is 0 Å². The van der Waals surface area contributed by atoms with Crippen LogP contribution in [0.4, 0.5) is 0 Å². The van der Waals surface area contributed by atoms with Crippen molar-refractivity contribution < 1.29 is 4.74 Å². The second kappa shape index (κ2) is 6.68. The highest BCUT2D eigenvalue weighted by atomic mass is 35.5. The predicted octanol–water partition coefficient (Wildman–Crippen LogP) is 2.32. The average molecular weight is 216 g/mol. The monoisotopic (exact) mass is 215 g/mol. The highest BCUT2D eigenvalue weighted by Gasteiger charge is 1.97. The van der Waals surface area contributed by atoms with Crippen LogP contribution in [-0.2, 0) is 0 Å². The number of hydrogen-bond acceptors (Lipinski definition) is 2. The molecule has 0 amide bonds. The van der Waals surface area contributed by atoms with Gasteiger partial charge in [0.1, 0.15) is 12.4 Å². The second-order valence-electron chi connectivity index (χ2n) is 3.22. The van der Waals surface area contributed by atoms with E-state index in [9.17, 15) is 0 Å². The van der Waals surface area contributed by atoms with E-state index in [1.54, 1.807) is 0 Å². The van der Waals surface area contributed by atoms with E-state index >= 15 is 0 Å². The molecule has 3 heteroatoms. The summed E-state index contributed by atoms with van der Waals surface area (Å²) in [6.45, 7) is 5.76. The highest BCUT2D eigenvalue weighted by Crippen LogP contribution is 2.18. The van der Waals surface area contributed by atoms with Gasteiger partial charge in [0.15, 0.2) is 0 Å². The first-order valence-electron chi connectivity index (χ1n) is 4.58. The molecule has 0 aliphatic heterocycles. The lowest BCUT2D eigenvalue weighted by Gasteiger charge is -2.08. The molecule has 0 spiro atoms. The summed E-state index contributed by atoms with van der Waals surface area (Å²) in [5.41, 5.74) is 2.48. The molecule has 1 rings (SSSR count). The molecule has 0 fully saturated rings. The molecule has 1 N–H and O–H groups in total. The topological polar surface area (TPSA) is 21.3 Å². The summed E-state index contributed by atoms with van der Waals surface area (Å²) in [6, 6.07) is 6.23. The molecule has 0 saturated heterocycles. The first-order valence-corrected chi connectivity index (χ1v) is 4.58. The molecule has 0 unspecified atom stereocenters. The molecule has 0 radical (unpaired) electrons. The summed E-state index contributed by atoms with van der Waals surface area (Å²) < 4.78 is 5.57. The Balaban J connectivity index is 0.00000169. The minimum atomic E-state index is 0. The van der Waals surface area contributed by atoms with Crippen molar-refractivity contribution in [3.8, 4) is 5.75 Å². The summed E-state index contributed by atoms with van der Waals surface area (Å²) in [5, 5.41) is 3.04. The number of rotatable bonds is 4. The molecule has 0 bridgehead atoms. The largest absolute Gasteiger partial charge is 0.492 e. The third kappa shape index (κ3) is 3.99. The minimum absolute atomic E-state index is 0. The molecule has 0 atom stereocenters. The van der Waals surface area contributed by atoms with Crippen LogP contribution in [0.15, 0.2) is 18.2 Å². The molecule has 80 valence electrons. The fourth-order valence-corrected chi connectivity index (χ4v) is 1.22. The maximum Gasteiger partial charge on any atom is 0.122 e. The van der Waals surface area contributed by atoms with Crippen LogP contribution < -0.4 is 10.1 Å². The number of likely N-dealkylation sites (N-methyl/N-ethyl adjacent to an activating group) is 1. The average Bonchev–Trinajstić information content (AvgIpc) is 2.09. The molecule has 0 aromatic heterocycles. The summed E-state index contributed by atoms with van der Waals surface area (Å²) in [7, 11) is 1.92. The zero-order chi connectivity index (χ0) is 9.68. The van der Waals surface area contributed by atoms with E-state index in [0.717, 1.165) is 18.9 Å². The van der Waals surface area contributed by atoms with Gasteiger partial charge in [0, 0.05) is 6.54 Å². The quantitative estimate of drug-likeness (QED) is 0.779. The summed E-state index contributed by atoms with van der Waals surface area (Å²) in [5.74, 6) is 0.987. The van der Waals surface area contributed by atoms with Gasteiger partial charge in [0.25, 0.3) is 0 Å². The summed E-state index contributed by atoms with van der Waals surface area (Å²) >= 11 is 0. The molecular formula is C11H18ClNO. The van der Waals surface area contributed by atoms with Crippen molar-refractivity contribution in [3.05, 3.63) is 29.3 Å². The molecule has 14 heavy (non-hydrogen) atoms. The van der Waals surface area contributed by atoms with Crippen LogP contribution in [0.2, 0.25) is 0 Å². The Bertz CT molecular complexity index is 276. The van der Waals surface area contributed by atoms with E-state index in [2.05, 4.69) is 31.3 Å². The molecule has 0 heterocycles. The first-order chi connectivity index (χ1) is 6.24. The summed E-state index contributed by atoms with van der Waals surface area (Å²) in [6.07, 6.45) is 0. The van der Waals surface area contributed by atoms with Crippen molar-refractivity contribution in [2.75, 3.05) is 20.2 Å². The normalized spacial score (nSPS) is 9.36. The van der Waals surface area contributed by atoms with E-state index in [1.165, 1.54) is 11.1 Å². The SMILES string of the molecule is CNCCOc1ccc(C)cc1C.Cl. The van der Waals surface area contributed by atoms with Crippen molar-refractivity contribution in [2.45, 2.75) is 13.8 Å². The predicted molar refractivity (Wildman–Crippen MR) is 62.6 cm³/mol. The van der Waals surface area contributed by atoms with Gasteiger partial charge in [-0.3, -0.25) is 0 Å². The van der Waals surface area contributed by atoms with Crippen molar-refractivity contribution in [1.82, 2.24) is 5.32 Å². The summed E-state index contributed by atoms with van der Waals surface area (Å²) in [4.78, 5) is 0. The molecule has 2 nitrogen and oxygen atoms in total. The number of aryl methyl sites for hydroxylation is 2. The van der Waals surface area contributed by atoms with Gasteiger partial charge in [0.05, 0.1) is 0 Å². The maximum atomic E-state index is 5.57. The van der Waals surface area contributed by atoms with E-state index < -0.39 is 0 Å². The van der Waals surface area contributed by atoms with Crippen molar-refractivity contribution in [3.63, 3.8) is 0 Å². The van der Waals surface area contributed by atoms with E-state index in [0.29, 0.717) is 0 Å². The zero-order valence-corrected chi connectivity index (χ0v) is 9.78. The number of nitrogens with one attached hydrogen (secondary N) is 1. The van der Waals surface area contributed by atoms with Gasteiger partial charge in [-0.1, -0.05) is 17.7 Å². The fraction of sp³-hybridized carbons (Fsp3) is 0.455. The number of hydrogen-bond donors (Lipinski definition) is 1. The zero-order valence-electron chi connectivity index (χ0n) is 8.96. The lowest BCUT2D eigenvalue weighted by Crippen LogP contribution is -2.16. The van der Waals surface area contributed by atoms with E-state index in [4.69, 9.17) is 4.74 Å². The molecule has 0 aliphatic carbocycles. The van der Waals surface area contributed by atoms with Crippen molar-refractivity contribution in [1.29, 1.82) is 0 Å². The van der Waals surface area contributed by atoms with Crippen LogP contribution in [0.3, 0.4) is 0 Å². The molecule has 1 aromatic carbocycles. The van der Waals surface area contributed by atoms with Gasteiger partial charge >= 0.3 is 0 Å². The van der Waals surface area contributed by atoms with Crippen LogP contribution in [0.5, 0.6) is 5.75 Å². The van der Waals surface area contributed by atoms with Crippen LogP contribution in [-0.4, -0.2) is 20.2 Å². The van der Waals surface area contributed by atoms with E-state index in [-0.39, 0.29) is 12.4 Å². The molecular weight excluding hydrogens is 198 g/mol. The van der Waals surface area contributed by atoms with Gasteiger partial charge in [-0.15, -0.1) is 12.4 Å². The van der Waals surface area contributed by atoms with Crippen LogP contribution in [0, 0.1) is 13.8 Å². The number of benzene rings is 1. The van der Waals surface area contributed by atoms with Crippen LogP contribution >= 0.6 is 12.4 Å². The van der Waals surface area contributed by atoms with Gasteiger partial charge in [-0.05, 0) is 32.5 Å². The Labute approximate surface area is 92.1 Å². The number of ether oxygens (including phenoxy) is 1. The lowest BCUT2D eigenvalue weighted by atomic mass is 10.1. The lowest BCUT2D eigenvalue weighted by molar-refractivity contribution is 0.316. The second-order valence-corrected chi connectivity index (χ2v) is 3.22. The number of halogens is 1. The Morgan fingerprint density at radius 3 is 2.57 bits per heavy atom. The highest BCUT2D eigenvalue weighted by molar-refractivity contribution is 5.85. The van der Waals surface area contributed by atoms with Crippen molar-refractivity contribution >= 4 is 12.4 Å². The van der Waals surface area contributed by atoms with Gasteiger partial charge in [-0.25, -0.2) is 0 Å². The maximum absolute atomic E-state index is 5.57. The minimum Gasteiger partial charge on any atom is -0.492 e. The standard InChI is InChI=1S/C11H17NO.ClH/c1-9-4-5-11(10(2)8-9)13-7-6-12-3;/h4-5,8,12H,6-7H2,1-3H3;1H. The van der Waals surface area contributed by atoms with Crippen LogP contribution in [0.1, 0.15) is 11.1 Å². The van der Waals surface area contributed by atoms with Crippen LogP contribution in [0.25, 0.3) is 0 Å². The van der Waals surface area contributed by atoms with Crippen molar-refractivity contribution in [2.24, 2.45) is 0 Å². The Kier molecular flexibility index (Phi) is 6.34. The fourth-order valence-electron chi connectivity index (χ4n) is 1.22. The third-order valence-electron chi connectivity index (χ3n) is 1.94. The first kappa shape index (κ1) is 13.3. The Hall–Kier alpha value is -0.730.